The number of carbonyl (C=O) groups is 2. The summed E-state index contributed by atoms with van der Waals surface area (Å²) in [5, 5.41) is 0. The van der Waals surface area contributed by atoms with E-state index in [4.69, 9.17) is 9.47 Å². The Morgan fingerprint density at radius 2 is 1.36 bits per heavy atom. The largest absolute Gasteiger partial charge is 0.456 e. The van der Waals surface area contributed by atoms with Gasteiger partial charge in [-0.15, -0.1) is 22.7 Å². The Morgan fingerprint density at radius 3 is 1.88 bits per heavy atom. The minimum atomic E-state index is -0.377. The predicted molar refractivity (Wildman–Crippen MR) is 135 cm³/mol. The maximum atomic E-state index is 12.5. The normalized spacial score (nSPS) is 13.6. The number of benzene rings is 1. The molecule has 1 aliphatic carbocycles. The van der Waals surface area contributed by atoms with Crippen molar-refractivity contribution in [3.05, 3.63) is 78.2 Å². The molecule has 33 heavy (non-hydrogen) atoms. The summed E-state index contributed by atoms with van der Waals surface area (Å²) in [5.74, 6) is -0.400. The minimum absolute atomic E-state index is 0.0235. The van der Waals surface area contributed by atoms with Gasteiger partial charge in [0.05, 0.1) is 12.2 Å². The van der Waals surface area contributed by atoms with Crippen molar-refractivity contribution in [3.8, 4) is 0 Å². The van der Waals surface area contributed by atoms with Gasteiger partial charge in [-0.25, -0.2) is 4.79 Å². The van der Waals surface area contributed by atoms with E-state index in [-0.39, 0.29) is 18.4 Å². The zero-order valence-electron chi connectivity index (χ0n) is 19.4. The lowest BCUT2D eigenvalue weighted by Gasteiger charge is -2.07. The van der Waals surface area contributed by atoms with Crippen LogP contribution in [0.5, 0.6) is 0 Å². The van der Waals surface area contributed by atoms with Crippen molar-refractivity contribution in [1.82, 2.24) is 0 Å². The number of aryl methyl sites for hydroxylation is 2. The number of hydrogen-bond donors (Lipinski definition) is 0. The zero-order valence-corrected chi connectivity index (χ0v) is 21.1. The summed E-state index contributed by atoms with van der Waals surface area (Å²) in [7, 11) is 1.74. The van der Waals surface area contributed by atoms with Crippen LogP contribution in [0.2, 0.25) is 0 Å². The Hall–Kier alpha value is -2.54. The average Bonchev–Trinajstić information content (AvgIpc) is 3.50. The Morgan fingerprint density at radius 1 is 0.848 bits per heavy atom. The van der Waals surface area contributed by atoms with E-state index in [2.05, 4.69) is 26.0 Å². The van der Waals surface area contributed by atoms with Crippen molar-refractivity contribution in [2.45, 2.75) is 53.2 Å². The number of rotatable bonds is 8. The fourth-order valence-electron chi connectivity index (χ4n) is 4.37. The molecule has 4 nitrogen and oxygen atoms in total. The average molecular weight is 481 g/mol. The summed E-state index contributed by atoms with van der Waals surface area (Å²) in [6.45, 7) is 6.74. The van der Waals surface area contributed by atoms with E-state index in [1.165, 1.54) is 43.8 Å². The van der Waals surface area contributed by atoms with Crippen LogP contribution < -0.4 is 0 Å². The molecule has 1 aromatic carbocycles. The lowest BCUT2D eigenvalue weighted by atomic mass is 9.97. The molecule has 0 saturated heterocycles. The third kappa shape index (κ3) is 5.18. The third-order valence-electron chi connectivity index (χ3n) is 5.96. The van der Waals surface area contributed by atoms with E-state index in [0.717, 1.165) is 24.1 Å². The predicted octanol–water partition coefficient (Wildman–Crippen LogP) is 7.23. The highest BCUT2D eigenvalue weighted by atomic mass is 32.1. The molecule has 0 saturated carbocycles. The second-order valence-electron chi connectivity index (χ2n) is 8.32. The van der Waals surface area contributed by atoms with Crippen LogP contribution in [-0.4, -0.2) is 18.9 Å². The minimum Gasteiger partial charge on any atom is -0.456 e. The SMILES string of the molecule is COCc1cc(C2=C(c3cc(COC(=O)c4ccc(C(C)=O)cc4)sc3C)CCC2)c(C)s1. The number of hydrogen-bond acceptors (Lipinski definition) is 6. The fourth-order valence-corrected chi connectivity index (χ4v) is 6.39. The number of ether oxygens (including phenoxy) is 2. The van der Waals surface area contributed by atoms with Crippen LogP contribution >= 0.6 is 22.7 Å². The molecule has 1 aliphatic rings. The van der Waals surface area contributed by atoms with Crippen molar-refractivity contribution < 1.29 is 19.1 Å². The highest BCUT2D eigenvalue weighted by Crippen LogP contribution is 2.45. The van der Waals surface area contributed by atoms with Crippen molar-refractivity contribution >= 4 is 45.6 Å². The zero-order chi connectivity index (χ0) is 23.5. The molecule has 0 fully saturated rings. The maximum Gasteiger partial charge on any atom is 0.338 e. The van der Waals surface area contributed by atoms with Gasteiger partial charge >= 0.3 is 5.97 Å². The molecule has 172 valence electrons. The highest BCUT2D eigenvalue weighted by Gasteiger charge is 2.23. The topological polar surface area (TPSA) is 52.6 Å². The number of carbonyl (C=O) groups excluding carboxylic acids is 2. The molecule has 2 heterocycles. The first-order chi connectivity index (χ1) is 15.9. The lowest BCUT2D eigenvalue weighted by molar-refractivity contribution is 0.0476. The summed E-state index contributed by atoms with van der Waals surface area (Å²) >= 11 is 3.50. The van der Waals surface area contributed by atoms with Gasteiger partial charge in [0, 0.05) is 32.2 Å². The van der Waals surface area contributed by atoms with E-state index < -0.39 is 0 Å². The first-order valence-corrected chi connectivity index (χ1v) is 12.7. The van der Waals surface area contributed by atoms with E-state index in [1.54, 1.807) is 42.7 Å². The first kappa shape index (κ1) is 23.6. The van der Waals surface area contributed by atoms with Gasteiger partial charge in [0.15, 0.2) is 5.78 Å². The number of allylic oxidation sites excluding steroid dienone is 2. The standard InChI is InChI=1S/C27H28O4S2/c1-16(28)19-8-10-20(11-9-19)27(29)31-15-22-13-26(18(3)33-22)24-7-5-6-23(24)25-12-21(14-30-4)32-17(25)2/h8-13H,5-7,14-15H2,1-4H3. The van der Waals surface area contributed by atoms with Gasteiger partial charge in [0.1, 0.15) is 6.61 Å². The van der Waals surface area contributed by atoms with E-state index in [1.807, 2.05) is 11.3 Å². The van der Waals surface area contributed by atoms with Gasteiger partial charge in [-0.3, -0.25) is 4.79 Å². The summed E-state index contributed by atoms with van der Waals surface area (Å²) in [6.07, 6.45) is 3.33. The van der Waals surface area contributed by atoms with Crippen LogP contribution in [0.15, 0.2) is 36.4 Å². The molecular formula is C27H28O4S2. The van der Waals surface area contributed by atoms with Crippen molar-refractivity contribution in [2.24, 2.45) is 0 Å². The Labute approximate surface area is 202 Å². The van der Waals surface area contributed by atoms with Gasteiger partial charge in [0.25, 0.3) is 0 Å². The van der Waals surface area contributed by atoms with Crippen molar-refractivity contribution in [3.63, 3.8) is 0 Å². The molecule has 0 bridgehead atoms. The molecule has 0 amide bonds. The Bertz CT molecular complexity index is 1210. The van der Waals surface area contributed by atoms with Gasteiger partial charge in [0.2, 0.25) is 0 Å². The quantitative estimate of drug-likeness (QED) is 0.252. The fraction of sp³-hybridized carbons (Fsp3) is 0.333. The van der Waals surface area contributed by atoms with Gasteiger partial charge < -0.3 is 9.47 Å². The van der Waals surface area contributed by atoms with E-state index in [0.29, 0.717) is 17.7 Å². The number of methoxy groups -OCH3 is 1. The molecule has 0 spiro atoms. The summed E-state index contributed by atoms with van der Waals surface area (Å²) in [5.41, 5.74) is 6.54. The first-order valence-electron chi connectivity index (χ1n) is 11.1. The number of esters is 1. The van der Waals surface area contributed by atoms with E-state index in [9.17, 15) is 9.59 Å². The summed E-state index contributed by atoms with van der Waals surface area (Å²) in [4.78, 5) is 28.8. The van der Waals surface area contributed by atoms with Crippen LogP contribution in [0, 0.1) is 13.8 Å². The van der Waals surface area contributed by atoms with Crippen molar-refractivity contribution in [1.29, 1.82) is 0 Å². The van der Waals surface area contributed by atoms with Crippen LogP contribution in [0.3, 0.4) is 0 Å². The molecular weight excluding hydrogens is 452 g/mol. The second-order valence-corrected chi connectivity index (χ2v) is 11.0. The Balaban J connectivity index is 1.51. The number of ketones is 1. The molecule has 4 rings (SSSR count). The van der Waals surface area contributed by atoms with Crippen LogP contribution in [0.25, 0.3) is 11.1 Å². The molecule has 2 aromatic heterocycles. The molecule has 6 heteroatoms. The van der Waals surface area contributed by atoms with Crippen LogP contribution in [0.4, 0.5) is 0 Å². The van der Waals surface area contributed by atoms with Crippen LogP contribution in [-0.2, 0) is 22.7 Å². The maximum absolute atomic E-state index is 12.5. The van der Waals surface area contributed by atoms with Gasteiger partial charge in [-0.05, 0) is 86.6 Å². The molecule has 0 atom stereocenters. The second kappa shape index (κ2) is 10.2. The highest BCUT2D eigenvalue weighted by molar-refractivity contribution is 7.12. The van der Waals surface area contributed by atoms with Crippen LogP contribution in [0.1, 0.15) is 77.5 Å². The molecule has 3 aromatic rings. The molecule has 0 N–H and O–H groups in total. The van der Waals surface area contributed by atoms with Crippen molar-refractivity contribution in [2.75, 3.05) is 7.11 Å². The molecule has 0 unspecified atom stereocenters. The monoisotopic (exact) mass is 480 g/mol. The third-order valence-corrected chi connectivity index (χ3v) is 8.01. The Kier molecular flexibility index (Phi) is 7.27. The van der Waals surface area contributed by atoms with E-state index >= 15 is 0 Å². The number of Topliss-reactive ketones (excluding diaryl/α,β-unsaturated/α-hetero) is 1. The smallest absolute Gasteiger partial charge is 0.338 e. The molecule has 0 radical (unpaired) electrons. The lowest BCUT2D eigenvalue weighted by Crippen LogP contribution is -2.05. The van der Waals surface area contributed by atoms with Gasteiger partial charge in [-0.2, -0.15) is 0 Å². The summed E-state index contributed by atoms with van der Waals surface area (Å²) < 4.78 is 10.9. The summed E-state index contributed by atoms with van der Waals surface area (Å²) in [6, 6.07) is 11.1. The number of thiophene rings is 2. The van der Waals surface area contributed by atoms with Gasteiger partial charge in [-0.1, -0.05) is 12.1 Å². The molecule has 0 aliphatic heterocycles.